The molecule has 0 saturated heterocycles. The number of hydrogen-bond donors (Lipinski definition) is 0. The first-order valence-corrected chi connectivity index (χ1v) is 6.62. The van der Waals surface area contributed by atoms with Crippen LogP contribution in [0.1, 0.15) is 13.8 Å². The van der Waals surface area contributed by atoms with E-state index in [9.17, 15) is 4.57 Å². The lowest BCUT2D eigenvalue weighted by Gasteiger charge is -2.16. The highest BCUT2D eigenvalue weighted by Gasteiger charge is 2.20. The van der Waals surface area contributed by atoms with Crippen molar-refractivity contribution < 1.29 is 4.57 Å². The zero-order valence-electron chi connectivity index (χ0n) is 8.68. The highest BCUT2D eigenvalue weighted by Crippen LogP contribution is 2.48. The maximum absolute atomic E-state index is 12.2. The highest BCUT2D eigenvalue weighted by atomic mass is 31.2. The van der Waals surface area contributed by atoms with Gasteiger partial charge in [-0.1, -0.05) is 30.4 Å². The van der Waals surface area contributed by atoms with Gasteiger partial charge in [0.15, 0.2) is 0 Å². The molecule has 0 N–H and O–H groups in total. The first-order valence-electron chi connectivity index (χ1n) is 4.36. The molecular formula is C11H19OP. The van der Waals surface area contributed by atoms with E-state index in [1.165, 1.54) is 0 Å². The van der Waals surface area contributed by atoms with Crippen molar-refractivity contribution >= 4 is 7.14 Å². The van der Waals surface area contributed by atoms with E-state index in [0.29, 0.717) is 18.5 Å². The molecule has 0 spiro atoms. The Balaban J connectivity index is 4.51. The Bertz CT molecular complexity index is 243. The maximum Gasteiger partial charge on any atom is 0.0989 e. The Morgan fingerprint density at radius 1 is 1.23 bits per heavy atom. The lowest BCUT2D eigenvalue weighted by Crippen LogP contribution is -2.00. The second kappa shape index (κ2) is 5.24. The second-order valence-electron chi connectivity index (χ2n) is 3.76. The summed E-state index contributed by atoms with van der Waals surface area (Å²) in [5.41, 5.74) is 1.96. The summed E-state index contributed by atoms with van der Waals surface area (Å²) in [6.07, 6.45) is 3.55. The summed E-state index contributed by atoms with van der Waals surface area (Å²) in [4.78, 5) is 0. The van der Waals surface area contributed by atoms with Crippen molar-refractivity contribution in [3.63, 3.8) is 0 Å². The smallest absolute Gasteiger partial charge is 0.0989 e. The van der Waals surface area contributed by atoms with Crippen LogP contribution >= 0.6 is 7.14 Å². The van der Waals surface area contributed by atoms with Crippen LogP contribution in [0.2, 0.25) is 0 Å². The number of hydrogen-bond acceptors (Lipinski definition) is 1. The zero-order chi connectivity index (χ0) is 10.5. The molecule has 0 aliphatic heterocycles. The van der Waals surface area contributed by atoms with Crippen LogP contribution in [-0.2, 0) is 4.57 Å². The van der Waals surface area contributed by atoms with Gasteiger partial charge in [-0.2, -0.15) is 0 Å². The molecule has 0 aromatic rings. The predicted octanol–water partition coefficient (Wildman–Crippen LogP) is 3.69. The summed E-state index contributed by atoms with van der Waals surface area (Å²) in [5.74, 6) is 0. The van der Waals surface area contributed by atoms with E-state index in [4.69, 9.17) is 0 Å². The molecule has 0 aromatic heterocycles. The molecule has 0 radical (unpaired) electrons. The quantitative estimate of drug-likeness (QED) is 0.470. The minimum atomic E-state index is -2.15. The van der Waals surface area contributed by atoms with E-state index in [0.717, 1.165) is 11.1 Å². The minimum Gasteiger partial charge on any atom is -0.323 e. The first-order chi connectivity index (χ1) is 5.89. The first kappa shape index (κ1) is 12.4. The summed E-state index contributed by atoms with van der Waals surface area (Å²) >= 11 is 0. The maximum atomic E-state index is 12.2. The molecule has 2 heteroatoms. The third-order valence-corrected chi connectivity index (χ3v) is 4.73. The Morgan fingerprint density at radius 3 is 1.85 bits per heavy atom. The Labute approximate surface area is 81.6 Å². The summed E-state index contributed by atoms with van der Waals surface area (Å²) in [6, 6.07) is 0. The van der Waals surface area contributed by atoms with E-state index in [2.05, 4.69) is 19.7 Å². The van der Waals surface area contributed by atoms with E-state index in [1.807, 2.05) is 13.8 Å². The van der Waals surface area contributed by atoms with Gasteiger partial charge in [0.25, 0.3) is 0 Å². The van der Waals surface area contributed by atoms with Crippen LogP contribution in [0.4, 0.5) is 0 Å². The molecule has 0 saturated carbocycles. The van der Waals surface area contributed by atoms with Crippen molar-refractivity contribution in [1.82, 2.24) is 0 Å². The van der Waals surface area contributed by atoms with Crippen molar-refractivity contribution in [3.05, 3.63) is 37.0 Å². The molecule has 13 heavy (non-hydrogen) atoms. The lowest BCUT2D eigenvalue weighted by atomic mass is 10.4. The Morgan fingerprint density at radius 2 is 1.62 bits per heavy atom. The molecule has 0 bridgehead atoms. The van der Waals surface area contributed by atoms with Gasteiger partial charge in [0, 0.05) is 18.5 Å². The van der Waals surface area contributed by atoms with Gasteiger partial charge in [0.2, 0.25) is 0 Å². The number of rotatable bonds is 6. The molecule has 0 fully saturated rings. The summed E-state index contributed by atoms with van der Waals surface area (Å²) in [7, 11) is -2.15. The van der Waals surface area contributed by atoms with Gasteiger partial charge in [-0.3, -0.25) is 0 Å². The fourth-order valence-corrected chi connectivity index (χ4v) is 4.21. The molecule has 0 amide bonds. The van der Waals surface area contributed by atoms with E-state index in [1.54, 1.807) is 6.08 Å². The van der Waals surface area contributed by atoms with Crippen LogP contribution in [0.5, 0.6) is 0 Å². The van der Waals surface area contributed by atoms with E-state index < -0.39 is 7.14 Å². The zero-order valence-corrected chi connectivity index (χ0v) is 9.57. The third-order valence-electron chi connectivity index (χ3n) is 1.58. The highest BCUT2D eigenvalue weighted by molar-refractivity contribution is 7.64. The molecule has 0 heterocycles. The molecule has 0 aromatic carbocycles. The van der Waals surface area contributed by atoms with Crippen molar-refractivity contribution in [2.24, 2.45) is 0 Å². The molecule has 0 aliphatic carbocycles. The van der Waals surface area contributed by atoms with Gasteiger partial charge in [-0.15, -0.1) is 6.58 Å². The number of allylic oxidation sites excluding steroid dienone is 3. The van der Waals surface area contributed by atoms with Crippen LogP contribution in [-0.4, -0.2) is 18.5 Å². The topological polar surface area (TPSA) is 17.1 Å². The fraction of sp³-hybridized carbons (Fsp3) is 0.455. The molecule has 1 nitrogen and oxygen atoms in total. The van der Waals surface area contributed by atoms with Crippen molar-refractivity contribution in [1.29, 1.82) is 0 Å². The molecule has 0 atom stereocenters. The van der Waals surface area contributed by atoms with Crippen LogP contribution in [0, 0.1) is 0 Å². The summed E-state index contributed by atoms with van der Waals surface area (Å²) < 4.78 is 12.2. The average Bonchev–Trinajstić information content (AvgIpc) is 1.81. The average molecular weight is 198 g/mol. The summed E-state index contributed by atoms with van der Waals surface area (Å²) in [5, 5.41) is 0. The minimum absolute atomic E-state index is 0.590. The molecule has 0 rings (SSSR count). The van der Waals surface area contributed by atoms with Crippen LogP contribution in [0.3, 0.4) is 0 Å². The van der Waals surface area contributed by atoms with Gasteiger partial charge in [0.05, 0.1) is 7.14 Å². The molecular weight excluding hydrogens is 179 g/mol. The van der Waals surface area contributed by atoms with Crippen molar-refractivity contribution in [2.75, 3.05) is 18.5 Å². The van der Waals surface area contributed by atoms with Gasteiger partial charge in [-0.25, -0.2) is 0 Å². The molecule has 0 unspecified atom stereocenters. The van der Waals surface area contributed by atoms with Gasteiger partial charge in [-0.05, 0) is 13.8 Å². The monoisotopic (exact) mass is 198 g/mol. The van der Waals surface area contributed by atoms with E-state index in [-0.39, 0.29) is 0 Å². The fourth-order valence-electron chi connectivity index (χ4n) is 1.40. The SMILES string of the molecule is C=CCP(=O)(CC(=C)C)CC(=C)C. The van der Waals surface area contributed by atoms with Crippen molar-refractivity contribution in [3.8, 4) is 0 Å². The van der Waals surface area contributed by atoms with Crippen molar-refractivity contribution in [2.45, 2.75) is 13.8 Å². The second-order valence-corrected chi connectivity index (χ2v) is 6.87. The van der Waals surface area contributed by atoms with Crippen LogP contribution in [0.25, 0.3) is 0 Å². The van der Waals surface area contributed by atoms with Gasteiger partial charge < -0.3 is 4.57 Å². The van der Waals surface area contributed by atoms with Crippen LogP contribution in [0.15, 0.2) is 37.0 Å². The third kappa shape index (κ3) is 5.65. The Hall–Kier alpha value is -0.550. The summed E-state index contributed by atoms with van der Waals surface area (Å²) in [6.45, 7) is 15.0. The van der Waals surface area contributed by atoms with E-state index >= 15 is 0 Å². The Kier molecular flexibility index (Phi) is 5.02. The largest absolute Gasteiger partial charge is 0.323 e. The van der Waals surface area contributed by atoms with Gasteiger partial charge >= 0.3 is 0 Å². The molecule has 0 aliphatic rings. The predicted molar refractivity (Wildman–Crippen MR) is 62.0 cm³/mol. The lowest BCUT2D eigenvalue weighted by molar-refractivity contribution is 0.579. The molecule has 74 valence electrons. The van der Waals surface area contributed by atoms with Gasteiger partial charge in [0.1, 0.15) is 0 Å². The standard InChI is InChI=1S/C11H19OP/c1-6-7-13(12,8-10(2)3)9-11(4)5/h6H,1-2,4,7-9H2,3,5H3. The normalized spacial score (nSPS) is 10.9. The van der Waals surface area contributed by atoms with Crippen LogP contribution < -0.4 is 0 Å².